The van der Waals surface area contributed by atoms with Gasteiger partial charge in [-0.25, -0.2) is 0 Å². The molecule has 0 radical (unpaired) electrons. The molecule has 5 rings (SSSR count). The summed E-state index contributed by atoms with van der Waals surface area (Å²) in [6.45, 7) is 6.66. The lowest BCUT2D eigenvalue weighted by molar-refractivity contribution is -0.127. The average molecular weight is 551 g/mol. The second-order valence-corrected chi connectivity index (χ2v) is 10.6. The first kappa shape index (κ1) is 27.9. The maximum Gasteiger partial charge on any atom is 0.264 e. The molecule has 0 saturated carbocycles. The standard InChI is InChI=1S/C32H34N6O3/c1-4-40-32(2,3)19-22(20-33)31(39)38-16-8-9-24(38)17-23-18-27-28(30(34)37-36-27)29(35-23)21-12-14-26(15-13-21)41-25-10-6-5-7-11-25/h5-7,10-15,18-19,24H,4,8-9,16-17H2,1-3H3,(H3,34,36,37)/t24-/m0/s1. The van der Waals surface area contributed by atoms with Gasteiger partial charge in [-0.05, 0) is 82.2 Å². The number of pyridine rings is 1. The van der Waals surface area contributed by atoms with Gasteiger partial charge in [0.2, 0.25) is 0 Å². The van der Waals surface area contributed by atoms with Crippen LogP contribution in [0.1, 0.15) is 39.3 Å². The molecule has 1 fully saturated rings. The molecule has 1 atom stereocenters. The number of amides is 1. The molecule has 4 aromatic rings. The number of nitrogen functional groups attached to an aromatic ring is 1. The predicted octanol–water partition coefficient (Wildman–Crippen LogP) is 5.80. The number of H-pyrrole nitrogens is 1. The number of nitrogens with two attached hydrogens (primary N) is 1. The van der Waals surface area contributed by atoms with Crippen molar-refractivity contribution < 1.29 is 14.3 Å². The van der Waals surface area contributed by atoms with Gasteiger partial charge in [0.05, 0.1) is 22.2 Å². The summed E-state index contributed by atoms with van der Waals surface area (Å²) in [6, 6.07) is 21.2. The number of hydrogen-bond donors (Lipinski definition) is 2. The van der Waals surface area contributed by atoms with Gasteiger partial charge >= 0.3 is 0 Å². The summed E-state index contributed by atoms with van der Waals surface area (Å²) >= 11 is 0. The number of aromatic nitrogens is 3. The van der Waals surface area contributed by atoms with E-state index in [1.54, 1.807) is 11.0 Å². The number of benzene rings is 2. The lowest BCUT2D eigenvalue weighted by Crippen LogP contribution is -2.38. The van der Waals surface area contributed by atoms with Crippen LogP contribution in [0.15, 0.2) is 72.3 Å². The zero-order chi connectivity index (χ0) is 29.0. The van der Waals surface area contributed by atoms with Crippen LogP contribution >= 0.6 is 0 Å². The Balaban J connectivity index is 1.41. The molecule has 41 heavy (non-hydrogen) atoms. The summed E-state index contributed by atoms with van der Waals surface area (Å²) in [6.07, 6.45) is 3.84. The minimum atomic E-state index is -0.714. The van der Waals surface area contributed by atoms with Crippen LogP contribution in [0.2, 0.25) is 0 Å². The fraction of sp³-hybridized carbons (Fsp3) is 0.312. The van der Waals surface area contributed by atoms with Crippen LogP contribution in [0, 0.1) is 11.3 Å². The summed E-state index contributed by atoms with van der Waals surface area (Å²) in [5.41, 5.74) is 8.79. The van der Waals surface area contributed by atoms with E-state index in [0.717, 1.165) is 40.8 Å². The lowest BCUT2D eigenvalue weighted by Gasteiger charge is -2.26. The molecular weight excluding hydrogens is 516 g/mol. The third kappa shape index (κ3) is 6.23. The van der Waals surface area contributed by atoms with Crippen molar-refractivity contribution in [2.75, 3.05) is 18.9 Å². The highest BCUT2D eigenvalue weighted by atomic mass is 16.5. The first-order valence-electron chi connectivity index (χ1n) is 13.8. The van der Waals surface area contributed by atoms with Crippen molar-refractivity contribution in [3.05, 3.63) is 78.0 Å². The van der Waals surface area contributed by atoms with E-state index in [9.17, 15) is 10.1 Å². The number of carbonyl (C=O) groups is 1. The first-order valence-corrected chi connectivity index (χ1v) is 13.8. The number of carbonyl (C=O) groups excluding carboxylic acids is 1. The number of nitriles is 1. The van der Waals surface area contributed by atoms with Crippen LogP contribution in [0.5, 0.6) is 11.5 Å². The van der Waals surface area contributed by atoms with Crippen molar-refractivity contribution in [2.45, 2.75) is 51.7 Å². The van der Waals surface area contributed by atoms with Crippen molar-refractivity contribution in [3.63, 3.8) is 0 Å². The average Bonchev–Trinajstić information content (AvgIpc) is 3.58. The van der Waals surface area contributed by atoms with Crippen LogP contribution in [0.4, 0.5) is 5.82 Å². The Morgan fingerprint density at radius 3 is 2.63 bits per heavy atom. The minimum Gasteiger partial charge on any atom is -0.457 e. The fourth-order valence-electron chi connectivity index (χ4n) is 5.36. The number of ether oxygens (including phenoxy) is 2. The summed E-state index contributed by atoms with van der Waals surface area (Å²) in [7, 11) is 0. The van der Waals surface area contributed by atoms with Crippen molar-refractivity contribution >= 4 is 22.6 Å². The highest BCUT2D eigenvalue weighted by Gasteiger charge is 2.32. The van der Waals surface area contributed by atoms with Crippen LogP contribution in [0.3, 0.4) is 0 Å². The molecule has 0 bridgehead atoms. The normalized spacial score (nSPS) is 15.7. The second-order valence-electron chi connectivity index (χ2n) is 10.6. The van der Waals surface area contributed by atoms with E-state index in [-0.39, 0.29) is 17.5 Å². The smallest absolute Gasteiger partial charge is 0.264 e. The van der Waals surface area contributed by atoms with Gasteiger partial charge < -0.3 is 20.1 Å². The van der Waals surface area contributed by atoms with Crippen LogP contribution in [-0.4, -0.2) is 50.8 Å². The van der Waals surface area contributed by atoms with Gasteiger partial charge in [0, 0.05) is 36.9 Å². The number of aromatic amines is 1. The highest BCUT2D eigenvalue weighted by molar-refractivity contribution is 6.00. The molecule has 1 amide bonds. The van der Waals surface area contributed by atoms with Crippen molar-refractivity contribution in [1.82, 2.24) is 20.1 Å². The molecule has 1 aliphatic rings. The number of anilines is 1. The molecule has 0 unspecified atom stereocenters. The van der Waals surface area contributed by atoms with E-state index in [1.165, 1.54) is 0 Å². The minimum absolute atomic E-state index is 0.0887. The Bertz CT molecular complexity index is 1600. The first-order chi connectivity index (χ1) is 19.8. The van der Waals surface area contributed by atoms with Gasteiger partial charge in [-0.2, -0.15) is 10.4 Å². The fourth-order valence-corrected chi connectivity index (χ4v) is 5.36. The molecule has 3 heterocycles. The van der Waals surface area contributed by atoms with E-state index in [2.05, 4.69) is 16.3 Å². The Kier molecular flexibility index (Phi) is 8.04. The van der Waals surface area contributed by atoms with Crippen LogP contribution < -0.4 is 10.5 Å². The molecule has 9 heteroatoms. The molecule has 2 aromatic carbocycles. The van der Waals surface area contributed by atoms with Gasteiger partial charge in [-0.15, -0.1) is 0 Å². The topological polar surface area (TPSA) is 130 Å². The van der Waals surface area contributed by atoms with E-state index in [1.807, 2.05) is 81.4 Å². The number of nitrogens with zero attached hydrogens (tertiary/aromatic N) is 4. The number of nitrogens with one attached hydrogen (secondary N) is 1. The van der Waals surface area contributed by atoms with Crippen LogP contribution in [0.25, 0.3) is 22.2 Å². The van der Waals surface area contributed by atoms with E-state index in [4.69, 9.17) is 20.2 Å². The number of hydrogen-bond acceptors (Lipinski definition) is 7. The Hall–Kier alpha value is -4.68. The highest BCUT2D eigenvalue weighted by Crippen LogP contribution is 2.33. The number of fused-ring (bicyclic) bond motifs is 1. The second kappa shape index (κ2) is 11.8. The van der Waals surface area contributed by atoms with Gasteiger partial charge in [0.15, 0.2) is 5.82 Å². The predicted molar refractivity (Wildman–Crippen MR) is 158 cm³/mol. The summed E-state index contributed by atoms with van der Waals surface area (Å²) in [4.78, 5) is 20.2. The molecular formula is C32H34N6O3. The third-order valence-electron chi connectivity index (χ3n) is 7.17. The molecule has 0 spiro atoms. The zero-order valence-electron chi connectivity index (χ0n) is 23.6. The van der Waals surface area contributed by atoms with Crippen molar-refractivity contribution in [3.8, 4) is 28.8 Å². The largest absolute Gasteiger partial charge is 0.457 e. The molecule has 0 aliphatic carbocycles. The van der Waals surface area contributed by atoms with Crippen molar-refractivity contribution in [2.24, 2.45) is 0 Å². The van der Waals surface area contributed by atoms with Gasteiger partial charge in [0.1, 0.15) is 23.1 Å². The molecule has 1 aliphatic heterocycles. The Labute approximate surface area is 239 Å². The molecule has 3 N–H and O–H groups in total. The SMILES string of the molecule is CCOC(C)(C)C=C(C#N)C(=O)N1CCC[C@H]1Cc1cc2[nH]nc(N)c2c(-c2ccc(Oc3ccccc3)cc2)n1. The summed E-state index contributed by atoms with van der Waals surface area (Å²) in [5.74, 6) is 1.57. The van der Waals surface area contributed by atoms with Gasteiger partial charge in [0.25, 0.3) is 5.91 Å². The molecule has 210 valence electrons. The lowest BCUT2D eigenvalue weighted by atomic mass is 10.0. The Morgan fingerprint density at radius 1 is 1.20 bits per heavy atom. The quantitative estimate of drug-likeness (QED) is 0.199. The molecule has 2 aromatic heterocycles. The summed E-state index contributed by atoms with van der Waals surface area (Å²) < 4.78 is 11.6. The molecule has 9 nitrogen and oxygen atoms in total. The van der Waals surface area contributed by atoms with E-state index < -0.39 is 5.60 Å². The Morgan fingerprint density at radius 2 is 1.93 bits per heavy atom. The van der Waals surface area contributed by atoms with Crippen LogP contribution in [-0.2, 0) is 16.0 Å². The number of likely N-dealkylation sites (tertiary alicyclic amines) is 1. The van der Waals surface area contributed by atoms with Gasteiger partial charge in [-0.1, -0.05) is 18.2 Å². The maximum absolute atomic E-state index is 13.4. The van der Waals surface area contributed by atoms with E-state index >= 15 is 0 Å². The van der Waals surface area contributed by atoms with E-state index in [0.29, 0.717) is 36.8 Å². The monoisotopic (exact) mass is 550 g/mol. The molecule has 1 saturated heterocycles. The third-order valence-corrected chi connectivity index (χ3v) is 7.17. The van der Waals surface area contributed by atoms with Crippen molar-refractivity contribution in [1.29, 1.82) is 5.26 Å². The number of rotatable bonds is 9. The number of para-hydroxylation sites is 1. The zero-order valence-corrected chi connectivity index (χ0v) is 23.6. The summed E-state index contributed by atoms with van der Waals surface area (Å²) in [5, 5.41) is 17.8. The van der Waals surface area contributed by atoms with Gasteiger partial charge in [-0.3, -0.25) is 14.9 Å². The maximum atomic E-state index is 13.4.